The molecule has 0 radical (unpaired) electrons. The summed E-state index contributed by atoms with van der Waals surface area (Å²) in [6.07, 6.45) is 5.37. The van der Waals surface area contributed by atoms with Crippen molar-refractivity contribution in [3.05, 3.63) is 64.2 Å². The molecule has 0 spiro atoms. The molecule has 1 atom stereocenters. The van der Waals surface area contributed by atoms with E-state index >= 15 is 0 Å². The predicted octanol–water partition coefficient (Wildman–Crippen LogP) is 4.46. The molecule has 7 heteroatoms. The molecule has 0 saturated heterocycles. The minimum Gasteiger partial charge on any atom is -0.296 e. The molecule has 1 N–H and O–H groups in total. The summed E-state index contributed by atoms with van der Waals surface area (Å²) in [5.74, 6) is 0.848. The SMILES string of the molecule is O=S(=O)(NCCCN1CCc2cccc3c2C1CC3)c1cc(CCCl)ccc1CCCl. The Morgan fingerprint density at radius 1 is 1.03 bits per heavy atom. The summed E-state index contributed by atoms with van der Waals surface area (Å²) in [5.41, 5.74) is 6.22. The molecule has 0 amide bonds. The van der Waals surface area contributed by atoms with Crippen molar-refractivity contribution in [1.29, 1.82) is 0 Å². The zero-order chi connectivity index (χ0) is 21.8. The standard InChI is InChI=1S/C24H30Cl2N2O2S/c25-12-9-18-5-6-19(10-13-26)23(17-18)31(29,30)27-14-2-15-28-16-11-21-4-1-3-20-7-8-22(28)24(20)21/h1,3-6,17,22,27H,2,7-16H2. The molecule has 1 heterocycles. The second-order valence-corrected chi connectivity index (χ2v) is 10.9. The lowest BCUT2D eigenvalue weighted by atomic mass is 9.93. The molecule has 2 aromatic carbocycles. The third-order valence-electron chi connectivity index (χ3n) is 6.50. The van der Waals surface area contributed by atoms with E-state index in [0.29, 0.717) is 42.1 Å². The zero-order valence-electron chi connectivity index (χ0n) is 17.7. The highest BCUT2D eigenvalue weighted by Gasteiger charge is 2.32. The first kappa shape index (κ1) is 23.1. The van der Waals surface area contributed by atoms with Gasteiger partial charge in [-0.2, -0.15) is 0 Å². The minimum atomic E-state index is -3.58. The van der Waals surface area contributed by atoms with Crippen molar-refractivity contribution in [3.63, 3.8) is 0 Å². The highest BCUT2D eigenvalue weighted by molar-refractivity contribution is 7.89. The van der Waals surface area contributed by atoms with Crippen LogP contribution in [0.25, 0.3) is 0 Å². The average molecular weight is 481 g/mol. The molecule has 0 bridgehead atoms. The van der Waals surface area contributed by atoms with Gasteiger partial charge in [-0.25, -0.2) is 13.1 Å². The zero-order valence-corrected chi connectivity index (χ0v) is 20.1. The van der Waals surface area contributed by atoms with Crippen molar-refractivity contribution in [2.24, 2.45) is 0 Å². The monoisotopic (exact) mass is 480 g/mol. The van der Waals surface area contributed by atoms with E-state index in [1.54, 1.807) is 6.07 Å². The van der Waals surface area contributed by atoms with Gasteiger partial charge in [0, 0.05) is 37.4 Å². The van der Waals surface area contributed by atoms with Crippen molar-refractivity contribution >= 4 is 33.2 Å². The molecule has 1 aliphatic carbocycles. The minimum absolute atomic E-state index is 0.336. The van der Waals surface area contributed by atoms with E-state index < -0.39 is 10.0 Å². The summed E-state index contributed by atoms with van der Waals surface area (Å²) in [7, 11) is -3.58. The van der Waals surface area contributed by atoms with E-state index in [1.807, 2.05) is 12.1 Å². The van der Waals surface area contributed by atoms with Crippen LogP contribution in [0.4, 0.5) is 0 Å². The third-order valence-corrected chi connectivity index (χ3v) is 8.42. The Balaban J connectivity index is 1.37. The van der Waals surface area contributed by atoms with Crippen molar-refractivity contribution in [2.45, 2.75) is 49.5 Å². The summed E-state index contributed by atoms with van der Waals surface area (Å²) < 4.78 is 28.9. The van der Waals surface area contributed by atoms with Gasteiger partial charge in [-0.3, -0.25) is 4.90 Å². The van der Waals surface area contributed by atoms with Crippen LogP contribution < -0.4 is 4.72 Å². The number of hydrogen-bond acceptors (Lipinski definition) is 3. The first-order valence-electron chi connectivity index (χ1n) is 11.1. The summed E-state index contributed by atoms with van der Waals surface area (Å²) in [6.45, 7) is 2.39. The van der Waals surface area contributed by atoms with E-state index in [4.69, 9.17) is 23.2 Å². The lowest BCUT2D eigenvalue weighted by Crippen LogP contribution is -2.36. The molecule has 0 fully saturated rings. The molecule has 168 valence electrons. The molecule has 2 aliphatic rings. The molecule has 4 nitrogen and oxygen atoms in total. The Morgan fingerprint density at radius 2 is 1.81 bits per heavy atom. The lowest BCUT2D eigenvalue weighted by molar-refractivity contribution is 0.184. The Labute approximate surface area is 196 Å². The number of alkyl halides is 2. The van der Waals surface area contributed by atoms with Gasteiger partial charge in [0.25, 0.3) is 0 Å². The van der Waals surface area contributed by atoms with Gasteiger partial charge in [-0.15, -0.1) is 23.2 Å². The maximum Gasteiger partial charge on any atom is 0.240 e. The van der Waals surface area contributed by atoms with Gasteiger partial charge in [0.2, 0.25) is 10.0 Å². The number of aryl methyl sites for hydroxylation is 3. The maximum atomic E-state index is 13.0. The third kappa shape index (κ3) is 5.12. The summed E-state index contributed by atoms with van der Waals surface area (Å²) in [6, 6.07) is 12.7. The fourth-order valence-electron chi connectivity index (χ4n) is 5.01. The highest BCUT2D eigenvalue weighted by atomic mass is 35.5. The largest absolute Gasteiger partial charge is 0.296 e. The topological polar surface area (TPSA) is 49.4 Å². The number of rotatable bonds is 10. The van der Waals surface area contributed by atoms with Crippen molar-refractivity contribution in [3.8, 4) is 0 Å². The molecule has 1 aliphatic heterocycles. The van der Waals surface area contributed by atoms with Gasteiger partial charge in [0.1, 0.15) is 0 Å². The molecular weight excluding hydrogens is 451 g/mol. The molecular formula is C24H30Cl2N2O2S. The summed E-state index contributed by atoms with van der Waals surface area (Å²) >= 11 is 11.7. The van der Waals surface area contributed by atoms with E-state index in [9.17, 15) is 8.42 Å². The second-order valence-electron chi connectivity index (χ2n) is 8.40. The van der Waals surface area contributed by atoms with Crippen LogP contribution in [0.5, 0.6) is 0 Å². The van der Waals surface area contributed by atoms with Crippen LogP contribution in [-0.2, 0) is 35.7 Å². The van der Waals surface area contributed by atoms with Gasteiger partial charge < -0.3 is 0 Å². The van der Waals surface area contributed by atoms with Gasteiger partial charge in [0.15, 0.2) is 0 Å². The van der Waals surface area contributed by atoms with Crippen LogP contribution in [-0.4, -0.2) is 44.7 Å². The summed E-state index contributed by atoms with van der Waals surface area (Å²) in [4.78, 5) is 2.87. The predicted molar refractivity (Wildman–Crippen MR) is 128 cm³/mol. The number of nitrogens with one attached hydrogen (secondary N) is 1. The number of benzene rings is 2. The lowest BCUT2D eigenvalue weighted by Gasteiger charge is -2.35. The Morgan fingerprint density at radius 3 is 2.58 bits per heavy atom. The van der Waals surface area contributed by atoms with Crippen LogP contribution in [0.2, 0.25) is 0 Å². The van der Waals surface area contributed by atoms with Crippen LogP contribution in [0, 0.1) is 0 Å². The van der Waals surface area contributed by atoms with E-state index in [0.717, 1.165) is 43.5 Å². The number of sulfonamides is 1. The molecule has 2 aromatic rings. The van der Waals surface area contributed by atoms with Crippen LogP contribution >= 0.6 is 23.2 Å². The first-order chi connectivity index (χ1) is 15.0. The van der Waals surface area contributed by atoms with Crippen molar-refractivity contribution in [2.75, 3.05) is 31.4 Å². The normalized spacial score (nSPS) is 18.3. The average Bonchev–Trinajstić information content (AvgIpc) is 3.20. The second kappa shape index (κ2) is 10.2. The summed E-state index contributed by atoms with van der Waals surface area (Å²) in [5, 5.41) is 0. The van der Waals surface area contributed by atoms with Gasteiger partial charge in [0.05, 0.1) is 4.90 Å². The van der Waals surface area contributed by atoms with E-state index in [-0.39, 0.29) is 0 Å². The number of nitrogens with zero attached hydrogens (tertiary/aromatic N) is 1. The van der Waals surface area contributed by atoms with E-state index in [1.165, 1.54) is 23.1 Å². The Hall–Kier alpha value is -1.11. The van der Waals surface area contributed by atoms with Crippen LogP contribution in [0.15, 0.2) is 41.3 Å². The maximum absolute atomic E-state index is 13.0. The van der Waals surface area contributed by atoms with Crippen LogP contribution in [0.1, 0.15) is 46.7 Å². The molecule has 4 rings (SSSR count). The van der Waals surface area contributed by atoms with Gasteiger partial charge >= 0.3 is 0 Å². The number of halogens is 2. The van der Waals surface area contributed by atoms with Gasteiger partial charge in [-0.05, 0) is 72.4 Å². The Bertz CT molecular complexity index is 1030. The van der Waals surface area contributed by atoms with Crippen molar-refractivity contribution in [1.82, 2.24) is 9.62 Å². The molecule has 0 saturated carbocycles. The van der Waals surface area contributed by atoms with Crippen molar-refractivity contribution < 1.29 is 8.42 Å². The van der Waals surface area contributed by atoms with E-state index in [2.05, 4.69) is 27.8 Å². The quantitative estimate of drug-likeness (QED) is 0.403. The van der Waals surface area contributed by atoms with Gasteiger partial charge in [-0.1, -0.05) is 30.3 Å². The first-order valence-corrected chi connectivity index (χ1v) is 13.7. The fraction of sp³-hybridized carbons (Fsp3) is 0.500. The Kier molecular flexibility index (Phi) is 7.60. The highest BCUT2D eigenvalue weighted by Crippen LogP contribution is 2.41. The number of hydrogen-bond donors (Lipinski definition) is 1. The molecule has 1 unspecified atom stereocenters. The smallest absolute Gasteiger partial charge is 0.240 e. The fourth-order valence-corrected chi connectivity index (χ4v) is 6.82. The molecule has 0 aromatic heterocycles. The van der Waals surface area contributed by atoms with Crippen LogP contribution in [0.3, 0.4) is 0 Å². The molecule has 31 heavy (non-hydrogen) atoms.